The number of piperazine rings is 1. The van der Waals surface area contributed by atoms with Gasteiger partial charge in [0, 0.05) is 50.5 Å². The van der Waals surface area contributed by atoms with Crippen LogP contribution in [0.25, 0.3) is 0 Å². The summed E-state index contributed by atoms with van der Waals surface area (Å²) in [6.45, 7) is 5.16. The zero-order valence-corrected chi connectivity index (χ0v) is 19.0. The zero-order valence-electron chi connectivity index (χ0n) is 19.0. The predicted octanol–water partition coefficient (Wildman–Crippen LogP) is 2.04. The molecule has 0 aliphatic carbocycles. The van der Waals surface area contributed by atoms with Gasteiger partial charge in [-0.2, -0.15) is 0 Å². The number of unbranched alkanes of at least 4 members (excludes halogenated alkanes) is 1. The number of benzene rings is 2. The van der Waals surface area contributed by atoms with Crippen molar-refractivity contribution < 1.29 is 19.2 Å². The van der Waals surface area contributed by atoms with Crippen LogP contribution in [0.5, 0.6) is 5.75 Å². The Kier molecular flexibility index (Phi) is 7.58. The largest absolute Gasteiger partial charge is 0.482 e. The van der Waals surface area contributed by atoms with Crippen molar-refractivity contribution in [2.75, 3.05) is 62.2 Å². The number of para-hydroxylation sites is 1. The van der Waals surface area contributed by atoms with Gasteiger partial charge in [0.15, 0.2) is 6.61 Å². The Morgan fingerprint density at radius 1 is 1.06 bits per heavy atom. The SMILES string of the molecule is O=C(CN1C(=O)COc2ccc([N+](=O)[O-])cc21)NCCCCN1CCN(c2ccccc2)CC1. The number of fused-ring (bicyclic) bond motifs is 1. The van der Waals surface area contributed by atoms with Crippen molar-refractivity contribution in [2.45, 2.75) is 12.8 Å². The second-order valence-corrected chi connectivity index (χ2v) is 8.40. The summed E-state index contributed by atoms with van der Waals surface area (Å²) in [7, 11) is 0. The molecule has 2 heterocycles. The number of non-ortho nitro benzene ring substituents is 1. The topological polar surface area (TPSA) is 108 Å². The standard InChI is InChI=1S/C24H29N5O5/c30-23(17-28-21-16-20(29(32)33)8-9-22(21)34-18-24(28)31)25-10-4-5-11-26-12-14-27(15-13-26)19-6-2-1-3-7-19/h1-3,6-9,16H,4-5,10-15,17-18H2,(H,25,30). The molecule has 1 saturated heterocycles. The number of rotatable bonds is 9. The summed E-state index contributed by atoms with van der Waals surface area (Å²) in [4.78, 5) is 41.3. The molecule has 180 valence electrons. The van der Waals surface area contributed by atoms with Gasteiger partial charge in [-0.15, -0.1) is 0 Å². The lowest BCUT2D eigenvalue weighted by Gasteiger charge is -2.36. The molecule has 4 rings (SSSR count). The number of amides is 2. The molecule has 2 aliphatic rings. The maximum Gasteiger partial charge on any atom is 0.271 e. The molecule has 2 aromatic rings. The summed E-state index contributed by atoms with van der Waals surface area (Å²) in [5.41, 5.74) is 1.35. The summed E-state index contributed by atoms with van der Waals surface area (Å²) < 4.78 is 5.33. The highest BCUT2D eigenvalue weighted by Crippen LogP contribution is 2.35. The van der Waals surface area contributed by atoms with Gasteiger partial charge >= 0.3 is 0 Å². The Hall–Kier alpha value is -3.66. The first-order valence-corrected chi connectivity index (χ1v) is 11.5. The van der Waals surface area contributed by atoms with Gasteiger partial charge in [-0.05, 0) is 37.6 Å². The Labute approximate surface area is 198 Å². The number of carbonyl (C=O) groups is 2. The van der Waals surface area contributed by atoms with E-state index in [1.807, 2.05) is 6.07 Å². The first-order chi connectivity index (χ1) is 16.5. The Balaban J connectivity index is 1.17. The van der Waals surface area contributed by atoms with E-state index in [1.54, 1.807) is 0 Å². The first kappa shape index (κ1) is 23.5. The van der Waals surface area contributed by atoms with Gasteiger partial charge in [0.05, 0.1) is 10.6 Å². The lowest BCUT2D eigenvalue weighted by molar-refractivity contribution is -0.384. The second kappa shape index (κ2) is 11.0. The predicted molar refractivity (Wildman–Crippen MR) is 128 cm³/mol. The van der Waals surface area contributed by atoms with Crippen LogP contribution in [0.15, 0.2) is 48.5 Å². The number of hydrogen-bond donors (Lipinski definition) is 1. The molecule has 0 saturated carbocycles. The number of nitro benzene ring substituents is 1. The third-order valence-electron chi connectivity index (χ3n) is 6.11. The van der Waals surface area contributed by atoms with Crippen LogP contribution in [0.2, 0.25) is 0 Å². The molecular weight excluding hydrogens is 438 g/mol. The summed E-state index contributed by atoms with van der Waals surface area (Å²) in [5, 5.41) is 13.9. The van der Waals surface area contributed by atoms with Crippen LogP contribution < -0.4 is 19.9 Å². The van der Waals surface area contributed by atoms with Gasteiger partial charge in [0.1, 0.15) is 12.3 Å². The summed E-state index contributed by atoms with van der Waals surface area (Å²) >= 11 is 0. The van der Waals surface area contributed by atoms with Gasteiger partial charge in [-0.1, -0.05) is 18.2 Å². The number of anilines is 2. The third-order valence-corrected chi connectivity index (χ3v) is 6.11. The van der Waals surface area contributed by atoms with E-state index < -0.39 is 10.8 Å². The second-order valence-electron chi connectivity index (χ2n) is 8.40. The maximum atomic E-state index is 12.4. The fraction of sp³-hybridized carbons (Fsp3) is 0.417. The molecule has 2 aliphatic heterocycles. The average molecular weight is 468 g/mol. The van der Waals surface area contributed by atoms with Crippen molar-refractivity contribution in [2.24, 2.45) is 0 Å². The van der Waals surface area contributed by atoms with Crippen molar-refractivity contribution in [3.63, 3.8) is 0 Å². The van der Waals surface area contributed by atoms with Crippen LogP contribution >= 0.6 is 0 Å². The minimum absolute atomic E-state index is 0.160. The van der Waals surface area contributed by atoms with E-state index in [-0.39, 0.29) is 30.4 Å². The van der Waals surface area contributed by atoms with Crippen LogP contribution in [-0.4, -0.2) is 74.1 Å². The fourth-order valence-corrected chi connectivity index (χ4v) is 4.23. The van der Waals surface area contributed by atoms with Crippen molar-refractivity contribution in [1.82, 2.24) is 10.2 Å². The van der Waals surface area contributed by atoms with Crippen molar-refractivity contribution in [1.29, 1.82) is 0 Å². The molecule has 0 spiro atoms. The summed E-state index contributed by atoms with van der Waals surface area (Å²) in [6.07, 6.45) is 1.81. The minimum Gasteiger partial charge on any atom is -0.482 e. The smallest absolute Gasteiger partial charge is 0.271 e. The van der Waals surface area contributed by atoms with Crippen molar-refractivity contribution in [3.05, 3.63) is 58.6 Å². The number of hydrogen-bond acceptors (Lipinski definition) is 7. The van der Waals surface area contributed by atoms with Gasteiger partial charge in [-0.3, -0.25) is 29.5 Å². The molecule has 0 radical (unpaired) electrons. The molecule has 10 heteroatoms. The maximum absolute atomic E-state index is 12.4. The molecule has 0 atom stereocenters. The highest BCUT2D eigenvalue weighted by molar-refractivity contribution is 6.02. The van der Waals surface area contributed by atoms with Crippen LogP contribution in [0.3, 0.4) is 0 Å². The highest BCUT2D eigenvalue weighted by atomic mass is 16.6. The van der Waals surface area contributed by atoms with Crippen molar-refractivity contribution >= 4 is 28.9 Å². The van der Waals surface area contributed by atoms with E-state index in [1.165, 1.54) is 28.8 Å². The minimum atomic E-state index is -0.543. The molecular formula is C24H29N5O5. The van der Waals surface area contributed by atoms with E-state index in [0.717, 1.165) is 45.6 Å². The zero-order chi connectivity index (χ0) is 23.9. The lowest BCUT2D eigenvalue weighted by atomic mass is 10.2. The molecule has 2 amide bonds. The first-order valence-electron chi connectivity index (χ1n) is 11.5. The van der Waals surface area contributed by atoms with Gasteiger partial charge in [-0.25, -0.2) is 0 Å². The van der Waals surface area contributed by atoms with Crippen LogP contribution in [-0.2, 0) is 9.59 Å². The molecule has 0 bridgehead atoms. The number of nitrogens with zero attached hydrogens (tertiary/aromatic N) is 4. The number of carbonyl (C=O) groups excluding carboxylic acids is 2. The third kappa shape index (κ3) is 5.82. The van der Waals surface area contributed by atoms with E-state index in [4.69, 9.17) is 4.74 Å². The Morgan fingerprint density at radius 3 is 2.56 bits per heavy atom. The number of nitro groups is 1. The fourth-order valence-electron chi connectivity index (χ4n) is 4.23. The Morgan fingerprint density at radius 2 is 1.82 bits per heavy atom. The summed E-state index contributed by atoms with van der Waals surface area (Å²) in [5.74, 6) is -0.354. The van der Waals surface area contributed by atoms with E-state index in [0.29, 0.717) is 12.3 Å². The highest BCUT2D eigenvalue weighted by Gasteiger charge is 2.29. The van der Waals surface area contributed by atoms with Crippen LogP contribution in [0.4, 0.5) is 17.1 Å². The number of nitrogens with one attached hydrogen (secondary N) is 1. The molecule has 0 aromatic heterocycles. The van der Waals surface area contributed by atoms with Crippen molar-refractivity contribution in [3.8, 4) is 5.75 Å². The molecule has 1 fully saturated rings. The van der Waals surface area contributed by atoms with Gasteiger partial charge < -0.3 is 15.0 Å². The molecule has 0 unspecified atom stereocenters. The Bertz CT molecular complexity index is 1020. The molecule has 1 N–H and O–H groups in total. The van der Waals surface area contributed by atoms with Crippen LogP contribution in [0.1, 0.15) is 12.8 Å². The lowest BCUT2D eigenvalue weighted by Crippen LogP contribution is -2.46. The molecule has 2 aromatic carbocycles. The average Bonchev–Trinajstić information content (AvgIpc) is 2.86. The van der Waals surface area contributed by atoms with E-state index in [2.05, 4.69) is 39.4 Å². The molecule has 34 heavy (non-hydrogen) atoms. The normalized spacial score (nSPS) is 16.1. The van der Waals surface area contributed by atoms with Gasteiger partial charge in [0.2, 0.25) is 5.91 Å². The van der Waals surface area contributed by atoms with Gasteiger partial charge in [0.25, 0.3) is 11.6 Å². The number of ether oxygens (including phenoxy) is 1. The van der Waals surface area contributed by atoms with Crippen LogP contribution in [0, 0.1) is 10.1 Å². The summed E-state index contributed by atoms with van der Waals surface area (Å²) in [6, 6.07) is 14.5. The van der Waals surface area contributed by atoms with E-state index >= 15 is 0 Å². The molecule has 10 nitrogen and oxygen atoms in total. The van der Waals surface area contributed by atoms with E-state index in [9.17, 15) is 19.7 Å². The quantitative estimate of drug-likeness (QED) is 0.342. The monoisotopic (exact) mass is 467 g/mol.